The minimum absolute atomic E-state index is 0.106. The van der Waals surface area contributed by atoms with Crippen molar-refractivity contribution >= 4 is 43.9 Å². The lowest BCUT2D eigenvalue weighted by Crippen LogP contribution is -2.27. The molecule has 0 unspecified atom stereocenters. The molecule has 0 radical (unpaired) electrons. The first-order chi connectivity index (χ1) is 12.2. The molecule has 3 heterocycles. The van der Waals surface area contributed by atoms with E-state index >= 15 is 0 Å². The van der Waals surface area contributed by atoms with Crippen LogP contribution in [-0.4, -0.2) is 20.4 Å². The number of carbonyl (C=O) groups is 1. The molecule has 4 rings (SSSR count). The Labute approximate surface area is 150 Å². The fourth-order valence-corrected chi connectivity index (χ4v) is 3.96. The summed E-state index contributed by atoms with van der Waals surface area (Å²) in [6.45, 7) is -0.106. The summed E-state index contributed by atoms with van der Waals surface area (Å²) in [6.07, 6.45) is 3.02. The van der Waals surface area contributed by atoms with Gasteiger partial charge in [0, 0.05) is 22.5 Å². The molecule has 25 heavy (non-hydrogen) atoms. The molecule has 8 heteroatoms. The summed E-state index contributed by atoms with van der Waals surface area (Å²) in [5, 5.41) is 7.41. The van der Waals surface area contributed by atoms with Crippen LogP contribution in [0.5, 0.6) is 0 Å². The Morgan fingerprint density at radius 3 is 2.76 bits per heavy atom. The Bertz CT molecular complexity index is 1080. The summed E-state index contributed by atoms with van der Waals surface area (Å²) in [6, 6.07) is 9.68. The molecule has 1 amide bonds. The summed E-state index contributed by atoms with van der Waals surface area (Å²) >= 11 is 2.75. The molecule has 0 aliphatic heterocycles. The molecule has 1 N–H and O–H groups in total. The van der Waals surface area contributed by atoms with Crippen molar-refractivity contribution in [2.24, 2.45) is 0 Å². The van der Waals surface area contributed by atoms with Crippen molar-refractivity contribution in [1.29, 1.82) is 0 Å². The van der Waals surface area contributed by atoms with Crippen LogP contribution < -0.4 is 10.9 Å². The molecule has 6 nitrogen and oxygen atoms in total. The van der Waals surface area contributed by atoms with Gasteiger partial charge in [0.25, 0.3) is 5.56 Å². The van der Waals surface area contributed by atoms with Gasteiger partial charge in [-0.3, -0.25) is 14.2 Å². The fourth-order valence-electron chi connectivity index (χ4n) is 2.51. The Morgan fingerprint density at radius 2 is 2.00 bits per heavy atom. The first-order valence-corrected chi connectivity index (χ1v) is 9.20. The minimum Gasteiger partial charge on any atom is -0.300 e. The van der Waals surface area contributed by atoms with E-state index in [4.69, 9.17) is 0 Å². The summed E-state index contributed by atoms with van der Waals surface area (Å²) in [5.74, 6) is -0.310. The van der Waals surface area contributed by atoms with Crippen molar-refractivity contribution in [3.05, 3.63) is 64.0 Å². The Hall–Kier alpha value is -2.84. The number of hydrogen-bond donors (Lipinski definition) is 1. The van der Waals surface area contributed by atoms with Crippen LogP contribution in [0.1, 0.15) is 0 Å². The topological polar surface area (TPSA) is 76.9 Å². The van der Waals surface area contributed by atoms with Crippen molar-refractivity contribution in [1.82, 2.24) is 14.5 Å². The summed E-state index contributed by atoms with van der Waals surface area (Å²) < 4.78 is 1.32. The van der Waals surface area contributed by atoms with Gasteiger partial charge in [-0.05, 0) is 5.56 Å². The van der Waals surface area contributed by atoms with Crippen molar-refractivity contribution < 1.29 is 4.79 Å². The number of anilines is 1. The van der Waals surface area contributed by atoms with Gasteiger partial charge in [-0.1, -0.05) is 30.3 Å². The highest BCUT2D eigenvalue weighted by molar-refractivity contribution is 7.17. The number of thiophene rings is 1. The van der Waals surface area contributed by atoms with Crippen LogP contribution >= 0.6 is 22.7 Å². The van der Waals surface area contributed by atoms with E-state index in [1.54, 1.807) is 11.6 Å². The third kappa shape index (κ3) is 3.09. The number of amides is 1. The Kier molecular flexibility index (Phi) is 4.12. The second-order valence-electron chi connectivity index (χ2n) is 5.26. The minimum atomic E-state index is -0.310. The van der Waals surface area contributed by atoms with Gasteiger partial charge < -0.3 is 5.32 Å². The molecule has 0 saturated carbocycles. The third-order valence-electron chi connectivity index (χ3n) is 3.64. The second kappa shape index (κ2) is 6.58. The zero-order valence-corrected chi connectivity index (χ0v) is 14.5. The maximum absolute atomic E-state index is 12.9. The number of hydrogen-bond acceptors (Lipinski definition) is 6. The van der Waals surface area contributed by atoms with Gasteiger partial charge in [-0.15, -0.1) is 22.7 Å². The number of carbonyl (C=O) groups excluding carboxylic acids is 1. The molecule has 124 valence electrons. The zero-order valence-electron chi connectivity index (χ0n) is 12.9. The maximum Gasteiger partial charge on any atom is 0.263 e. The van der Waals surface area contributed by atoms with Gasteiger partial charge in [-0.25, -0.2) is 9.97 Å². The molecule has 4 aromatic rings. The molecule has 0 aliphatic rings. The first kappa shape index (κ1) is 15.7. The summed E-state index contributed by atoms with van der Waals surface area (Å²) in [5.41, 5.74) is 1.57. The van der Waals surface area contributed by atoms with E-state index in [0.29, 0.717) is 15.3 Å². The predicted molar refractivity (Wildman–Crippen MR) is 100 cm³/mol. The average molecular weight is 368 g/mol. The van der Waals surface area contributed by atoms with E-state index in [0.717, 1.165) is 11.1 Å². The van der Waals surface area contributed by atoms with E-state index in [1.807, 2.05) is 35.7 Å². The number of thiazole rings is 1. The van der Waals surface area contributed by atoms with E-state index in [2.05, 4.69) is 15.3 Å². The van der Waals surface area contributed by atoms with Gasteiger partial charge in [0.05, 0.1) is 11.7 Å². The molecule has 0 bridgehead atoms. The van der Waals surface area contributed by atoms with Crippen molar-refractivity contribution in [2.75, 3.05) is 5.32 Å². The van der Waals surface area contributed by atoms with Crippen molar-refractivity contribution in [3.63, 3.8) is 0 Å². The molecule has 0 atom stereocenters. The first-order valence-electron chi connectivity index (χ1n) is 7.44. The van der Waals surface area contributed by atoms with Gasteiger partial charge in [0.2, 0.25) is 5.91 Å². The Balaban J connectivity index is 1.70. The number of benzene rings is 1. The third-order valence-corrected chi connectivity index (χ3v) is 5.21. The monoisotopic (exact) mass is 368 g/mol. The molecule has 0 spiro atoms. The Morgan fingerprint density at radius 1 is 1.16 bits per heavy atom. The SMILES string of the molecule is O=C(Cn1cnc2scc(-c3ccccc3)c2c1=O)Nc1nccs1. The van der Waals surface area contributed by atoms with Gasteiger partial charge in [0.15, 0.2) is 5.13 Å². The summed E-state index contributed by atoms with van der Waals surface area (Å²) in [7, 11) is 0. The molecule has 3 aromatic heterocycles. The van der Waals surface area contributed by atoms with Crippen LogP contribution in [0, 0.1) is 0 Å². The van der Waals surface area contributed by atoms with Gasteiger partial charge >= 0.3 is 0 Å². The molecule has 0 aliphatic carbocycles. The van der Waals surface area contributed by atoms with E-state index in [9.17, 15) is 9.59 Å². The van der Waals surface area contributed by atoms with Crippen molar-refractivity contribution in [3.8, 4) is 11.1 Å². The highest BCUT2D eigenvalue weighted by atomic mass is 32.1. The number of fused-ring (bicyclic) bond motifs is 1. The van der Waals surface area contributed by atoms with Crippen LogP contribution in [0.15, 0.2) is 58.4 Å². The lowest BCUT2D eigenvalue weighted by molar-refractivity contribution is -0.116. The molecular formula is C17H12N4O2S2. The van der Waals surface area contributed by atoms with E-state index in [1.165, 1.54) is 33.6 Å². The quantitative estimate of drug-likeness (QED) is 0.600. The number of nitrogens with zero attached hydrogens (tertiary/aromatic N) is 3. The predicted octanol–water partition coefficient (Wildman–Crippen LogP) is 3.22. The van der Waals surface area contributed by atoms with Crippen LogP contribution in [-0.2, 0) is 11.3 Å². The zero-order chi connectivity index (χ0) is 17.2. The largest absolute Gasteiger partial charge is 0.300 e. The highest BCUT2D eigenvalue weighted by Crippen LogP contribution is 2.30. The van der Waals surface area contributed by atoms with E-state index < -0.39 is 0 Å². The molecular weight excluding hydrogens is 356 g/mol. The standard InChI is InChI=1S/C17H12N4O2S2/c22-13(20-17-18-6-7-24-17)8-21-10-19-15-14(16(21)23)12(9-25-15)11-4-2-1-3-5-11/h1-7,9-10H,8H2,(H,18,20,22). The number of rotatable bonds is 4. The maximum atomic E-state index is 12.9. The molecule has 0 fully saturated rings. The smallest absolute Gasteiger partial charge is 0.263 e. The number of nitrogens with one attached hydrogen (secondary N) is 1. The lowest BCUT2D eigenvalue weighted by Gasteiger charge is -2.06. The second-order valence-corrected chi connectivity index (χ2v) is 7.01. The van der Waals surface area contributed by atoms with Gasteiger partial charge in [-0.2, -0.15) is 0 Å². The van der Waals surface area contributed by atoms with Crippen LogP contribution in [0.4, 0.5) is 5.13 Å². The fraction of sp³-hybridized carbons (Fsp3) is 0.0588. The summed E-state index contributed by atoms with van der Waals surface area (Å²) in [4.78, 5) is 34.0. The number of aromatic nitrogens is 3. The van der Waals surface area contributed by atoms with Crippen molar-refractivity contribution in [2.45, 2.75) is 6.54 Å². The molecule has 0 saturated heterocycles. The van der Waals surface area contributed by atoms with E-state index in [-0.39, 0.29) is 18.0 Å². The van der Waals surface area contributed by atoms with Crippen LogP contribution in [0.2, 0.25) is 0 Å². The highest BCUT2D eigenvalue weighted by Gasteiger charge is 2.14. The average Bonchev–Trinajstić information content (AvgIpc) is 3.28. The normalized spacial score (nSPS) is 10.9. The lowest BCUT2D eigenvalue weighted by atomic mass is 10.1. The molecule has 1 aromatic carbocycles. The van der Waals surface area contributed by atoms with Crippen LogP contribution in [0.25, 0.3) is 21.3 Å². The van der Waals surface area contributed by atoms with Crippen LogP contribution in [0.3, 0.4) is 0 Å². The van der Waals surface area contributed by atoms with Gasteiger partial charge in [0.1, 0.15) is 11.4 Å².